The van der Waals surface area contributed by atoms with Crippen LogP contribution in [0.2, 0.25) is 0 Å². The first kappa shape index (κ1) is 17.5. The second kappa shape index (κ2) is 6.91. The van der Waals surface area contributed by atoms with Gasteiger partial charge < -0.3 is 11.1 Å². The highest BCUT2D eigenvalue weighted by Crippen LogP contribution is 2.09. The van der Waals surface area contributed by atoms with Gasteiger partial charge in [-0.2, -0.15) is 0 Å². The van der Waals surface area contributed by atoms with Gasteiger partial charge in [0.05, 0.1) is 11.4 Å². The van der Waals surface area contributed by atoms with Crippen molar-refractivity contribution in [1.82, 2.24) is 10.0 Å². The van der Waals surface area contributed by atoms with Crippen LogP contribution in [0.15, 0.2) is 34.2 Å². The van der Waals surface area contributed by atoms with Gasteiger partial charge in [-0.25, -0.2) is 13.1 Å². The van der Waals surface area contributed by atoms with Crippen molar-refractivity contribution in [3.63, 3.8) is 0 Å². The first-order valence-corrected chi connectivity index (χ1v) is 8.23. The van der Waals surface area contributed by atoms with E-state index in [1.165, 1.54) is 0 Å². The van der Waals surface area contributed by atoms with Crippen molar-refractivity contribution in [3.05, 3.63) is 29.8 Å². The molecule has 0 atom stereocenters. The zero-order chi connectivity index (χ0) is 16.1. The van der Waals surface area contributed by atoms with Crippen LogP contribution in [0.25, 0.3) is 0 Å². The molecule has 1 aromatic rings. The van der Waals surface area contributed by atoms with Crippen LogP contribution >= 0.6 is 0 Å². The highest BCUT2D eigenvalue weighted by molar-refractivity contribution is 7.89. The summed E-state index contributed by atoms with van der Waals surface area (Å²) in [7, 11) is -3.49. The Labute approximate surface area is 126 Å². The predicted octanol–water partition coefficient (Wildman–Crippen LogP) is 0.976. The fourth-order valence-electron chi connectivity index (χ4n) is 1.58. The lowest BCUT2D eigenvalue weighted by Crippen LogP contribution is -2.45. The monoisotopic (exact) mass is 312 g/mol. The number of aryl methyl sites for hydroxylation is 1. The molecule has 0 unspecified atom stereocenters. The molecule has 0 amide bonds. The summed E-state index contributed by atoms with van der Waals surface area (Å²) in [5, 5.41) is 3.01. The van der Waals surface area contributed by atoms with E-state index < -0.39 is 10.0 Å². The fourth-order valence-corrected chi connectivity index (χ4v) is 2.60. The van der Waals surface area contributed by atoms with E-state index >= 15 is 0 Å². The standard InChI is InChI=1S/C14H24N4O2S/c1-11-5-7-12(8-6-11)21(19,20)17-10-9-16-13(15)18-14(2,3)4/h5-8,17H,9-10H2,1-4H3,(H3,15,16,18). The average Bonchev–Trinajstić information content (AvgIpc) is 2.33. The van der Waals surface area contributed by atoms with E-state index in [1.807, 2.05) is 27.7 Å². The average molecular weight is 312 g/mol. The van der Waals surface area contributed by atoms with Crippen molar-refractivity contribution in [2.75, 3.05) is 13.1 Å². The molecular weight excluding hydrogens is 288 g/mol. The lowest BCUT2D eigenvalue weighted by Gasteiger charge is -2.20. The van der Waals surface area contributed by atoms with Gasteiger partial charge in [0.15, 0.2) is 5.96 Å². The number of benzene rings is 1. The van der Waals surface area contributed by atoms with Crippen LogP contribution in [0, 0.1) is 6.92 Å². The van der Waals surface area contributed by atoms with Gasteiger partial charge in [-0.05, 0) is 39.8 Å². The first-order chi connectivity index (χ1) is 9.60. The van der Waals surface area contributed by atoms with Gasteiger partial charge in [-0.15, -0.1) is 0 Å². The van der Waals surface area contributed by atoms with Crippen molar-refractivity contribution in [3.8, 4) is 0 Å². The SMILES string of the molecule is Cc1ccc(S(=O)(=O)NCCN=C(N)NC(C)(C)C)cc1. The van der Waals surface area contributed by atoms with Crippen LogP contribution in [0.4, 0.5) is 0 Å². The Balaban J connectivity index is 2.52. The zero-order valence-corrected chi connectivity index (χ0v) is 13.8. The molecule has 1 aromatic carbocycles. The molecule has 7 heteroatoms. The number of rotatable bonds is 5. The summed E-state index contributed by atoms with van der Waals surface area (Å²) in [5.74, 6) is 0.303. The molecule has 0 bridgehead atoms. The molecule has 0 aromatic heterocycles. The number of nitrogens with one attached hydrogen (secondary N) is 2. The molecule has 6 nitrogen and oxygen atoms in total. The molecular formula is C14H24N4O2S. The second-order valence-corrected chi connectivity index (χ2v) is 7.62. The molecule has 4 N–H and O–H groups in total. The quantitative estimate of drug-likeness (QED) is 0.429. The third-order valence-corrected chi connectivity index (χ3v) is 4.00. The first-order valence-electron chi connectivity index (χ1n) is 6.75. The molecule has 0 spiro atoms. The third kappa shape index (κ3) is 6.59. The maximum atomic E-state index is 12.0. The van der Waals surface area contributed by atoms with Gasteiger partial charge >= 0.3 is 0 Å². The Morgan fingerprint density at radius 1 is 1.24 bits per heavy atom. The molecule has 0 fully saturated rings. The predicted molar refractivity (Wildman–Crippen MR) is 85.7 cm³/mol. The summed E-state index contributed by atoms with van der Waals surface area (Å²) in [6, 6.07) is 6.68. The molecule has 0 heterocycles. The smallest absolute Gasteiger partial charge is 0.240 e. The summed E-state index contributed by atoms with van der Waals surface area (Å²) in [6.45, 7) is 8.28. The van der Waals surface area contributed by atoms with Gasteiger partial charge in [-0.1, -0.05) is 17.7 Å². The lowest BCUT2D eigenvalue weighted by molar-refractivity contribution is 0.508. The zero-order valence-electron chi connectivity index (χ0n) is 13.0. The normalized spacial score (nSPS) is 13.2. The number of hydrogen-bond acceptors (Lipinski definition) is 3. The van der Waals surface area contributed by atoms with Crippen molar-refractivity contribution in [2.45, 2.75) is 38.1 Å². The number of guanidine groups is 1. The summed E-state index contributed by atoms with van der Waals surface area (Å²) < 4.78 is 26.5. The minimum atomic E-state index is -3.49. The topological polar surface area (TPSA) is 96.6 Å². The van der Waals surface area contributed by atoms with Crippen LogP contribution in [0.5, 0.6) is 0 Å². The minimum absolute atomic E-state index is 0.172. The van der Waals surface area contributed by atoms with Crippen LogP contribution in [0.1, 0.15) is 26.3 Å². The molecule has 118 valence electrons. The molecule has 21 heavy (non-hydrogen) atoms. The molecule has 0 aliphatic rings. The number of nitrogens with two attached hydrogens (primary N) is 1. The summed E-state index contributed by atoms with van der Waals surface area (Å²) in [6.07, 6.45) is 0. The number of hydrogen-bond donors (Lipinski definition) is 3. The fraction of sp³-hybridized carbons (Fsp3) is 0.500. The Hall–Kier alpha value is -1.60. The van der Waals surface area contributed by atoms with Gasteiger partial charge in [0, 0.05) is 12.1 Å². The van der Waals surface area contributed by atoms with Crippen LogP contribution in [0.3, 0.4) is 0 Å². The maximum absolute atomic E-state index is 12.0. The van der Waals surface area contributed by atoms with Gasteiger partial charge in [0.1, 0.15) is 0 Å². The Bertz CT molecular complexity index is 586. The number of sulfonamides is 1. The molecule has 0 saturated carbocycles. The van der Waals surface area contributed by atoms with Crippen LogP contribution in [-0.4, -0.2) is 33.0 Å². The highest BCUT2D eigenvalue weighted by atomic mass is 32.2. The van der Waals surface area contributed by atoms with Crippen molar-refractivity contribution >= 4 is 16.0 Å². The van der Waals surface area contributed by atoms with Crippen molar-refractivity contribution in [1.29, 1.82) is 0 Å². The Kier molecular flexibility index (Phi) is 5.74. The number of nitrogens with zero attached hydrogens (tertiary/aromatic N) is 1. The summed E-state index contributed by atoms with van der Waals surface area (Å²) in [4.78, 5) is 4.32. The maximum Gasteiger partial charge on any atom is 0.240 e. The van der Waals surface area contributed by atoms with Gasteiger partial charge in [0.2, 0.25) is 10.0 Å². The molecule has 0 radical (unpaired) electrons. The van der Waals surface area contributed by atoms with Crippen LogP contribution in [-0.2, 0) is 10.0 Å². The molecule has 1 rings (SSSR count). The van der Waals surface area contributed by atoms with Crippen molar-refractivity contribution in [2.24, 2.45) is 10.7 Å². The van der Waals surface area contributed by atoms with Crippen LogP contribution < -0.4 is 15.8 Å². The van der Waals surface area contributed by atoms with E-state index in [2.05, 4.69) is 15.0 Å². The van der Waals surface area contributed by atoms with E-state index in [-0.39, 0.29) is 23.5 Å². The largest absolute Gasteiger partial charge is 0.370 e. The molecule has 0 aliphatic carbocycles. The lowest BCUT2D eigenvalue weighted by atomic mass is 10.1. The van der Waals surface area contributed by atoms with Gasteiger partial charge in [0.25, 0.3) is 0 Å². The van der Waals surface area contributed by atoms with Gasteiger partial charge in [-0.3, -0.25) is 4.99 Å². The van der Waals surface area contributed by atoms with E-state index in [0.717, 1.165) is 5.56 Å². The summed E-state index contributed by atoms with van der Waals surface area (Å²) >= 11 is 0. The van der Waals surface area contributed by atoms with Crippen molar-refractivity contribution < 1.29 is 8.42 Å². The van der Waals surface area contributed by atoms with E-state index in [4.69, 9.17) is 5.73 Å². The molecule has 0 saturated heterocycles. The third-order valence-electron chi connectivity index (χ3n) is 2.52. The van der Waals surface area contributed by atoms with E-state index in [0.29, 0.717) is 5.96 Å². The number of aliphatic imine (C=N–C) groups is 1. The molecule has 0 aliphatic heterocycles. The Morgan fingerprint density at radius 3 is 2.33 bits per heavy atom. The second-order valence-electron chi connectivity index (χ2n) is 5.85. The van der Waals surface area contributed by atoms with E-state index in [9.17, 15) is 8.42 Å². The Morgan fingerprint density at radius 2 is 1.81 bits per heavy atom. The highest BCUT2D eigenvalue weighted by Gasteiger charge is 2.13. The summed E-state index contributed by atoms with van der Waals surface area (Å²) in [5.41, 5.74) is 6.54. The van der Waals surface area contributed by atoms with E-state index in [1.54, 1.807) is 24.3 Å². The minimum Gasteiger partial charge on any atom is -0.370 e.